The maximum atomic E-state index is 14.0. The average molecular weight is 273 g/mol. The monoisotopic (exact) mass is 273 g/mol. The van der Waals surface area contributed by atoms with Gasteiger partial charge in [0.1, 0.15) is 5.82 Å². The van der Waals surface area contributed by atoms with Gasteiger partial charge in [-0.1, -0.05) is 32.0 Å². The minimum Gasteiger partial charge on any atom is -0.349 e. The Morgan fingerprint density at radius 2 is 1.84 bits per heavy atom. The van der Waals surface area contributed by atoms with E-state index in [1.807, 2.05) is 0 Å². The van der Waals surface area contributed by atoms with Crippen molar-refractivity contribution in [2.75, 3.05) is 0 Å². The van der Waals surface area contributed by atoms with E-state index in [4.69, 9.17) is 0 Å². The van der Waals surface area contributed by atoms with E-state index in [0.717, 1.165) is 6.07 Å². The van der Waals surface area contributed by atoms with Crippen LogP contribution in [0.4, 0.5) is 13.2 Å². The zero-order chi connectivity index (χ0) is 14.8. The van der Waals surface area contributed by atoms with Crippen molar-refractivity contribution in [2.24, 2.45) is 5.92 Å². The standard InChI is InChI=1S/C14H18F3NO/c1-8(2)13(19)18-9(3)10-6-5-7-11(12(10)15)14(4,16)17/h5-9H,1-4H3,(H,18,19)/t9-/m1/s1. The minimum atomic E-state index is -3.25. The molecule has 0 unspecified atom stereocenters. The normalized spacial score (nSPS) is 13.5. The molecule has 0 fully saturated rings. The summed E-state index contributed by atoms with van der Waals surface area (Å²) in [6, 6.07) is 3.16. The summed E-state index contributed by atoms with van der Waals surface area (Å²) in [5.74, 6) is -4.71. The summed E-state index contributed by atoms with van der Waals surface area (Å²) in [5, 5.41) is 2.59. The maximum absolute atomic E-state index is 14.0. The average Bonchev–Trinajstić information content (AvgIpc) is 2.27. The second-order valence-corrected chi connectivity index (χ2v) is 4.98. The van der Waals surface area contributed by atoms with Gasteiger partial charge >= 0.3 is 0 Å². The van der Waals surface area contributed by atoms with Crippen molar-refractivity contribution in [2.45, 2.75) is 39.7 Å². The first-order chi connectivity index (χ1) is 8.64. The molecule has 1 rings (SSSR count). The van der Waals surface area contributed by atoms with Crippen molar-refractivity contribution in [3.8, 4) is 0 Å². The number of alkyl halides is 2. The molecule has 0 radical (unpaired) electrons. The third kappa shape index (κ3) is 3.72. The van der Waals surface area contributed by atoms with Crippen LogP contribution in [0.15, 0.2) is 18.2 Å². The predicted octanol–water partition coefficient (Wildman–Crippen LogP) is 3.77. The quantitative estimate of drug-likeness (QED) is 0.889. The van der Waals surface area contributed by atoms with E-state index >= 15 is 0 Å². The van der Waals surface area contributed by atoms with Crippen LogP contribution in [-0.4, -0.2) is 5.91 Å². The van der Waals surface area contributed by atoms with Crippen LogP contribution < -0.4 is 5.32 Å². The molecule has 1 aromatic carbocycles. The second kappa shape index (κ2) is 5.63. The van der Waals surface area contributed by atoms with E-state index in [9.17, 15) is 18.0 Å². The van der Waals surface area contributed by atoms with E-state index < -0.39 is 23.3 Å². The topological polar surface area (TPSA) is 29.1 Å². The molecule has 0 spiro atoms. The zero-order valence-electron chi connectivity index (χ0n) is 11.4. The van der Waals surface area contributed by atoms with E-state index in [-0.39, 0.29) is 17.4 Å². The molecule has 2 nitrogen and oxygen atoms in total. The van der Waals surface area contributed by atoms with Gasteiger partial charge in [-0.05, 0) is 6.92 Å². The fourth-order valence-corrected chi connectivity index (χ4v) is 1.68. The van der Waals surface area contributed by atoms with Crippen LogP contribution in [-0.2, 0) is 10.7 Å². The van der Waals surface area contributed by atoms with Gasteiger partial charge in [-0.25, -0.2) is 13.2 Å². The molecule has 0 aliphatic carbocycles. The third-order valence-corrected chi connectivity index (χ3v) is 2.85. The lowest BCUT2D eigenvalue weighted by Gasteiger charge is -2.19. The number of amides is 1. The maximum Gasteiger partial charge on any atom is 0.273 e. The number of halogens is 3. The van der Waals surface area contributed by atoms with Gasteiger partial charge in [-0.15, -0.1) is 0 Å². The molecule has 1 atom stereocenters. The molecule has 19 heavy (non-hydrogen) atoms. The molecule has 106 valence electrons. The van der Waals surface area contributed by atoms with Crippen LogP contribution >= 0.6 is 0 Å². The SMILES string of the molecule is CC(C)C(=O)N[C@H](C)c1cccc(C(C)(F)F)c1F. The first-order valence-corrected chi connectivity index (χ1v) is 6.11. The number of rotatable bonds is 4. The number of carbonyl (C=O) groups is 1. The molecule has 5 heteroatoms. The molecule has 0 aliphatic heterocycles. The fourth-order valence-electron chi connectivity index (χ4n) is 1.68. The second-order valence-electron chi connectivity index (χ2n) is 4.98. The lowest BCUT2D eigenvalue weighted by Crippen LogP contribution is -2.31. The first kappa shape index (κ1) is 15.5. The summed E-state index contributed by atoms with van der Waals surface area (Å²) in [7, 11) is 0. The Hall–Kier alpha value is -1.52. The Bertz CT molecular complexity index is 466. The summed E-state index contributed by atoms with van der Waals surface area (Å²) < 4.78 is 40.5. The van der Waals surface area contributed by atoms with Crippen molar-refractivity contribution in [1.82, 2.24) is 5.32 Å². The van der Waals surface area contributed by atoms with Crippen LogP contribution in [0, 0.1) is 11.7 Å². The number of nitrogens with one attached hydrogen (secondary N) is 1. The molecule has 0 saturated heterocycles. The zero-order valence-corrected chi connectivity index (χ0v) is 11.4. The van der Waals surface area contributed by atoms with Crippen molar-refractivity contribution in [1.29, 1.82) is 0 Å². The largest absolute Gasteiger partial charge is 0.349 e. The Kier molecular flexibility index (Phi) is 4.61. The number of benzene rings is 1. The highest BCUT2D eigenvalue weighted by Gasteiger charge is 2.30. The fraction of sp³-hybridized carbons (Fsp3) is 0.500. The third-order valence-electron chi connectivity index (χ3n) is 2.85. The summed E-state index contributed by atoms with van der Waals surface area (Å²) >= 11 is 0. The Labute approximate surface area is 111 Å². The number of hydrogen-bond donors (Lipinski definition) is 1. The summed E-state index contributed by atoms with van der Waals surface area (Å²) in [6.45, 7) is 5.62. The van der Waals surface area contributed by atoms with Crippen LogP contribution in [0.2, 0.25) is 0 Å². The first-order valence-electron chi connectivity index (χ1n) is 6.11. The van der Waals surface area contributed by atoms with Crippen LogP contribution in [0.1, 0.15) is 44.9 Å². The lowest BCUT2D eigenvalue weighted by molar-refractivity contribution is -0.124. The van der Waals surface area contributed by atoms with Crippen LogP contribution in [0.5, 0.6) is 0 Å². The number of hydrogen-bond acceptors (Lipinski definition) is 1. The molecule has 1 aromatic rings. The van der Waals surface area contributed by atoms with Crippen LogP contribution in [0.25, 0.3) is 0 Å². The van der Waals surface area contributed by atoms with Gasteiger partial charge in [0.25, 0.3) is 5.92 Å². The van der Waals surface area contributed by atoms with E-state index in [2.05, 4.69) is 5.32 Å². The summed E-state index contributed by atoms with van der Waals surface area (Å²) in [5.41, 5.74) is -0.594. The Morgan fingerprint density at radius 3 is 2.32 bits per heavy atom. The van der Waals surface area contributed by atoms with Crippen LogP contribution in [0.3, 0.4) is 0 Å². The van der Waals surface area contributed by atoms with Crippen molar-refractivity contribution >= 4 is 5.91 Å². The molecule has 0 heterocycles. The molecular weight excluding hydrogens is 255 g/mol. The van der Waals surface area contributed by atoms with E-state index in [0.29, 0.717) is 6.92 Å². The highest BCUT2D eigenvalue weighted by molar-refractivity contribution is 5.78. The molecule has 0 aromatic heterocycles. The highest BCUT2D eigenvalue weighted by Crippen LogP contribution is 2.32. The van der Waals surface area contributed by atoms with E-state index in [1.54, 1.807) is 20.8 Å². The van der Waals surface area contributed by atoms with Gasteiger partial charge < -0.3 is 5.32 Å². The Morgan fingerprint density at radius 1 is 1.26 bits per heavy atom. The summed E-state index contributed by atoms with van der Waals surface area (Å²) in [4.78, 5) is 11.5. The molecule has 0 saturated carbocycles. The van der Waals surface area contributed by atoms with Gasteiger partial charge in [0.2, 0.25) is 5.91 Å². The summed E-state index contributed by atoms with van der Waals surface area (Å²) in [6.07, 6.45) is 0. The molecule has 1 N–H and O–H groups in total. The van der Waals surface area contributed by atoms with Gasteiger partial charge in [-0.3, -0.25) is 4.79 Å². The van der Waals surface area contributed by atoms with Crippen molar-refractivity contribution < 1.29 is 18.0 Å². The smallest absolute Gasteiger partial charge is 0.273 e. The van der Waals surface area contributed by atoms with E-state index in [1.165, 1.54) is 12.1 Å². The van der Waals surface area contributed by atoms with Crippen molar-refractivity contribution in [3.63, 3.8) is 0 Å². The number of carbonyl (C=O) groups excluding carboxylic acids is 1. The van der Waals surface area contributed by atoms with Crippen molar-refractivity contribution in [3.05, 3.63) is 35.1 Å². The van der Waals surface area contributed by atoms with Gasteiger partial charge in [0.05, 0.1) is 11.6 Å². The molecule has 1 amide bonds. The molecular formula is C14H18F3NO. The molecule has 0 bridgehead atoms. The van der Waals surface area contributed by atoms with Gasteiger partial charge in [-0.2, -0.15) is 0 Å². The van der Waals surface area contributed by atoms with Gasteiger partial charge in [0, 0.05) is 18.4 Å². The Balaban J connectivity index is 3.05. The molecule has 0 aliphatic rings. The predicted molar refractivity (Wildman–Crippen MR) is 67.4 cm³/mol. The lowest BCUT2D eigenvalue weighted by atomic mass is 10.0. The highest BCUT2D eigenvalue weighted by atomic mass is 19.3. The minimum absolute atomic E-state index is 0.0630. The van der Waals surface area contributed by atoms with Gasteiger partial charge in [0.15, 0.2) is 0 Å².